The van der Waals surface area contributed by atoms with E-state index in [2.05, 4.69) is 9.64 Å². The molecule has 6 nitrogen and oxygen atoms in total. The van der Waals surface area contributed by atoms with Crippen molar-refractivity contribution in [3.8, 4) is 5.75 Å². The maximum absolute atomic E-state index is 12.8. The summed E-state index contributed by atoms with van der Waals surface area (Å²) in [6.45, 7) is 3.85. The third-order valence-corrected chi connectivity index (χ3v) is 5.61. The van der Waals surface area contributed by atoms with E-state index in [-0.39, 0.29) is 5.56 Å². The minimum absolute atomic E-state index is 0.0634. The van der Waals surface area contributed by atoms with Crippen molar-refractivity contribution >= 4 is 5.91 Å². The Morgan fingerprint density at radius 2 is 1.76 bits per heavy atom. The van der Waals surface area contributed by atoms with Crippen LogP contribution in [-0.2, 0) is 4.74 Å². The third-order valence-electron chi connectivity index (χ3n) is 5.61. The zero-order valence-corrected chi connectivity index (χ0v) is 16.4. The summed E-state index contributed by atoms with van der Waals surface area (Å²) in [6, 6.07) is 6.24. The van der Waals surface area contributed by atoms with Crippen molar-refractivity contribution in [3.63, 3.8) is 0 Å². The van der Waals surface area contributed by atoms with Crippen LogP contribution in [0.25, 0.3) is 0 Å². The summed E-state index contributed by atoms with van der Waals surface area (Å²) >= 11 is 0. The first-order valence-electron chi connectivity index (χ1n) is 10.1. The van der Waals surface area contributed by atoms with Gasteiger partial charge in [0.2, 0.25) is 0 Å². The molecule has 1 aromatic rings. The van der Waals surface area contributed by atoms with Gasteiger partial charge in [-0.05, 0) is 37.8 Å². The number of likely N-dealkylation sites (tertiary alicyclic amines) is 1. The summed E-state index contributed by atoms with van der Waals surface area (Å²) in [7, 11) is 0. The molecule has 3 rings (SSSR count). The van der Waals surface area contributed by atoms with Gasteiger partial charge in [0.1, 0.15) is 5.75 Å². The largest absolute Gasteiger partial charge is 0.573 e. The maximum Gasteiger partial charge on any atom is 0.573 e. The lowest BCUT2D eigenvalue weighted by atomic mass is 9.97. The Kier molecular flexibility index (Phi) is 7.37. The van der Waals surface area contributed by atoms with Gasteiger partial charge >= 0.3 is 6.36 Å². The lowest BCUT2D eigenvalue weighted by Gasteiger charge is -2.43. The van der Waals surface area contributed by atoms with Crippen LogP contribution in [-0.4, -0.2) is 73.5 Å². The minimum Gasteiger partial charge on any atom is -0.405 e. The summed E-state index contributed by atoms with van der Waals surface area (Å²) in [5.41, 5.74) is 5.75. The predicted molar refractivity (Wildman–Crippen MR) is 102 cm³/mol. The van der Waals surface area contributed by atoms with Crippen LogP contribution in [0.4, 0.5) is 13.2 Å². The molecular weight excluding hydrogens is 387 g/mol. The number of piperidine rings is 1. The molecule has 0 saturated carbocycles. The van der Waals surface area contributed by atoms with E-state index in [9.17, 15) is 18.0 Å². The molecule has 0 unspecified atom stereocenters. The first-order chi connectivity index (χ1) is 13.9. The number of para-hydroxylation sites is 1. The maximum atomic E-state index is 12.8. The van der Waals surface area contributed by atoms with Gasteiger partial charge in [0, 0.05) is 51.5 Å². The third kappa shape index (κ3) is 5.83. The van der Waals surface area contributed by atoms with Crippen LogP contribution in [0.1, 0.15) is 36.0 Å². The van der Waals surface area contributed by atoms with Gasteiger partial charge in [0.15, 0.2) is 0 Å². The van der Waals surface area contributed by atoms with E-state index in [1.165, 1.54) is 24.3 Å². The number of nitrogens with zero attached hydrogens (tertiary/aromatic N) is 2. The predicted octanol–water partition coefficient (Wildman–Crippen LogP) is 2.63. The van der Waals surface area contributed by atoms with Crippen LogP contribution in [0.3, 0.4) is 0 Å². The second kappa shape index (κ2) is 9.77. The van der Waals surface area contributed by atoms with E-state index >= 15 is 0 Å². The average molecular weight is 415 g/mol. The average Bonchev–Trinajstić information content (AvgIpc) is 2.72. The van der Waals surface area contributed by atoms with Crippen LogP contribution in [0, 0.1) is 0 Å². The quantitative estimate of drug-likeness (QED) is 0.774. The number of amides is 1. The van der Waals surface area contributed by atoms with Crippen molar-refractivity contribution in [1.82, 2.24) is 9.80 Å². The highest BCUT2D eigenvalue weighted by atomic mass is 19.4. The van der Waals surface area contributed by atoms with Crippen LogP contribution in [0.15, 0.2) is 24.3 Å². The molecule has 2 N–H and O–H groups in total. The molecular formula is C20H28F3N3O3. The zero-order chi connectivity index (χ0) is 20.9. The highest BCUT2D eigenvalue weighted by molar-refractivity contribution is 5.97. The highest BCUT2D eigenvalue weighted by Crippen LogP contribution is 2.29. The van der Waals surface area contributed by atoms with E-state index < -0.39 is 18.0 Å². The van der Waals surface area contributed by atoms with E-state index in [1.807, 2.05) is 0 Å². The number of carbonyl (C=O) groups excluding carboxylic acids is 1. The number of nitrogens with two attached hydrogens (primary N) is 1. The molecule has 0 radical (unpaired) electrons. The van der Waals surface area contributed by atoms with Crippen molar-refractivity contribution in [2.24, 2.45) is 5.73 Å². The number of alkyl halides is 3. The Bertz CT molecular complexity index is 672. The number of rotatable bonds is 6. The Hall–Kier alpha value is -1.84. The number of halogens is 3. The van der Waals surface area contributed by atoms with E-state index in [0.717, 1.165) is 45.4 Å². The van der Waals surface area contributed by atoms with E-state index in [0.29, 0.717) is 31.7 Å². The monoisotopic (exact) mass is 415 g/mol. The van der Waals surface area contributed by atoms with Gasteiger partial charge < -0.3 is 20.1 Å². The molecule has 29 heavy (non-hydrogen) atoms. The molecule has 2 heterocycles. The molecule has 0 atom stereocenters. The Balaban J connectivity index is 1.63. The van der Waals surface area contributed by atoms with Crippen LogP contribution in [0.5, 0.6) is 5.75 Å². The van der Waals surface area contributed by atoms with Crippen molar-refractivity contribution < 1.29 is 27.4 Å². The van der Waals surface area contributed by atoms with Crippen molar-refractivity contribution in [1.29, 1.82) is 0 Å². The molecule has 2 fully saturated rings. The van der Waals surface area contributed by atoms with Gasteiger partial charge in [0.05, 0.1) is 5.56 Å². The number of hydrogen-bond donors (Lipinski definition) is 1. The van der Waals surface area contributed by atoms with E-state index in [1.54, 1.807) is 4.90 Å². The molecule has 9 heteroatoms. The molecule has 1 amide bonds. The fraction of sp³-hybridized carbons (Fsp3) is 0.650. The van der Waals surface area contributed by atoms with Crippen LogP contribution < -0.4 is 10.5 Å². The lowest BCUT2D eigenvalue weighted by Crippen LogP contribution is -2.52. The fourth-order valence-electron chi connectivity index (χ4n) is 4.26. The summed E-state index contributed by atoms with van der Waals surface area (Å²) in [5.74, 6) is -0.890. The number of benzene rings is 1. The molecule has 0 aromatic heterocycles. The molecule has 1 aromatic carbocycles. The smallest absolute Gasteiger partial charge is 0.405 e. The lowest BCUT2D eigenvalue weighted by molar-refractivity contribution is -0.274. The molecule has 2 aliphatic heterocycles. The van der Waals surface area contributed by atoms with Crippen LogP contribution in [0.2, 0.25) is 0 Å². The fourth-order valence-corrected chi connectivity index (χ4v) is 4.26. The van der Waals surface area contributed by atoms with Gasteiger partial charge in [-0.15, -0.1) is 13.2 Å². The second-order valence-corrected chi connectivity index (χ2v) is 7.44. The summed E-state index contributed by atoms with van der Waals surface area (Å²) in [6.07, 6.45) is -1.35. The van der Waals surface area contributed by atoms with Gasteiger partial charge in [-0.3, -0.25) is 9.69 Å². The van der Waals surface area contributed by atoms with Gasteiger partial charge in [-0.1, -0.05) is 12.1 Å². The number of hydrogen-bond acceptors (Lipinski definition) is 5. The minimum atomic E-state index is -4.84. The molecule has 2 aliphatic rings. The van der Waals surface area contributed by atoms with Gasteiger partial charge in [0.25, 0.3) is 5.91 Å². The number of ether oxygens (including phenoxy) is 2. The first kappa shape index (κ1) is 21.9. The Morgan fingerprint density at radius 3 is 2.38 bits per heavy atom. The SMILES string of the molecule is NCCN(C1CCOCC1)C1CCN(C(=O)c2ccccc2OC(F)(F)F)CC1. The molecule has 2 saturated heterocycles. The summed E-state index contributed by atoms with van der Waals surface area (Å²) < 4.78 is 47.4. The topological polar surface area (TPSA) is 68.0 Å². The summed E-state index contributed by atoms with van der Waals surface area (Å²) in [4.78, 5) is 16.9. The van der Waals surface area contributed by atoms with Gasteiger partial charge in [-0.2, -0.15) is 0 Å². The molecule has 0 aliphatic carbocycles. The molecule has 0 bridgehead atoms. The van der Waals surface area contributed by atoms with Crippen LogP contribution >= 0.6 is 0 Å². The zero-order valence-electron chi connectivity index (χ0n) is 16.4. The van der Waals surface area contributed by atoms with E-state index in [4.69, 9.17) is 10.5 Å². The Morgan fingerprint density at radius 1 is 1.14 bits per heavy atom. The normalized spacial score (nSPS) is 19.6. The molecule has 0 spiro atoms. The van der Waals surface area contributed by atoms with Crippen molar-refractivity contribution in [2.45, 2.75) is 44.1 Å². The summed E-state index contributed by atoms with van der Waals surface area (Å²) in [5, 5.41) is 0. The first-order valence-corrected chi connectivity index (χ1v) is 10.1. The van der Waals surface area contributed by atoms with Crippen molar-refractivity contribution in [2.75, 3.05) is 39.4 Å². The van der Waals surface area contributed by atoms with Gasteiger partial charge in [-0.25, -0.2) is 0 Å². The van der Waals surface area contributed by atoms with Crippen molar-refractivity contribution in [3.05, 3.63) is 29.8 Å². The second-order valence-electron chi connectivity index (χ2n) is 7.44. The standard InChI is InChI=1S/C20H28F3N3O3/c21-20(22,23)29-18-4-2-1-3-17(18)19(27)25-10-5-15(6-11-25)26(12-9-24)16-7-13-28-14-8-16/h1-4,15-16H,5-14,24H2. The Labute approximate surface area is 168 Å². The molecule has 162 valence electrons. The number of carbonyl (C=O) groups is 1. The highest BCUT2D eigenvalue weighted by Gasteiger charge is 2.35.